The van der Waals surface area contributed by atoms with Crippen molar-refractivity contribution in [1.29, 1.82) is 0 Å². The van der Waals surface area contributed by atoms with Crippen LogP contribution >= 0.6 is 11.6 Å². The zero-order valence-corrected chi connectivity index (χ0v) is 19.6. The lowest BCUT2D eigenvalue weighted by Crippen LogP contribution is -2.52. The molecule has 2 aliphatic rings. The molecule has 0 radical (unpaired) electrons. The third kappa shape index (κ3) is 6.04. The summed E-state index contributed by atoms with van der Waals surface area (Å²) in [7, 11) is 0. The van der Waals surface area contributed by atoms with Crippen LogP contribution in [0, 0.1) is 5.92 Å². The summed E-state index contributed by atoms with van der Waals surface area (Å²) >= 11 is 6.08. The van der Waals surface area contributed by atoms with Gasteiger partial charge in [0.1, 0.15) is 5.75 Å². The number of hydrogen-bond acceptors (Lipinski definition) is 4. The van der Waals surface area contributed by atoms with Gasteiger partial charge in [0.05, 0.1) is 11.5 Å². The molecule has 0 aromatic heterocycles. The fourth-order valence-corrected chi connectivity index (χ4v) is 4.87. The smallest absolute Gasteiger partial charge is 0.387 e. The molecule has 6 nitrogen and oxygen atoms in total. The van der Waals surface area contributed by atoms with Crippen molar-refractivity contribution in [2.75, 3.05) is 39.3 Å². The average molecular weight is 492 g/mol. The Morgan fingerprint density at radius 1 is 1.00 bits per heavy atom. The Balaban J connectivity index is 1.33. The van der Waals surface area contributed by atoms with Gasteiger partial charge < -0.3 is 14.5 Å². The lowest BCUT2D eigenvalue weighted by molar-refractivity contribution is -0.138. The molecule has 4 rings (SSSR count). The minimum Gasteiger partial charge on any atom is -0.434 e. The molecule has 0 spiro atoms. The van der Waals surface area contributed by atoms with Gasteiger partial charge in [-0.15, -0.1) is 0 Å². The van der Waals surface area contributed by atoms with Gasteiger partial charge in [0.2, 0.25) is 5.91 Å². The highest BCUT2D eigenvalue weighted by Gasteiger charge is 2.33. The number of piperazine rings is 1. The predicted octanol–water partition coefficient (Wildman–Crippen LogP) is 4.14. The molecule has 2 saturated heterocycles. The number of benzene rings is 2. The molecule has 1 unspecified atom stereocenters. The Kier molecular flexibility index (Phi) is 8.00. The van der Waals surface area contributed by atoms with Crippen LogP contribution in [-0.2, 0) is 11.3 Å². The maximum atomic E-state index is 13.2. The quantitative estimate of drug-likeness (QED) is 0.609. The van der Waals surface area contributed by atoms with Gasteiger partial charge in [0.15, 0.2) is 0 Å². The van der Waals surface area contributed by atoms with Gasteiger partial charge in [-0.3, -0.25) is 14.5 Å². The first-order chi connectivity index (χ1) is 16.4. The summed E-state index contributed by atoms with van der Waals surface area (Å²) < 4.78 is 30.0. The summed E-state index contributed by atoms with van der Waals surface area (Å²) in [4.78, 5) is 32.0. The average Bonchev–Trinajstić information content (AvgIpc) is 2.84. The van der Waals surface area contributed by atoms with E-state index in [0.29, 0.717) is 37.5 Å². The van der Waals surface area contributed by atoms with Crippen molar-refractivity contribution >= 4 is 23.4 Å². The maximum Gasteiger partial charge on any atom is 0.387 e. The Bertz CT molecular complexity index is 1010. The monoisotopic (exact) mass is 491 g/mol. The largest absolute Gasteiger partial charge is 0.434 e. The fourth-order valence-electron chi connectivity index (χ4n) is 4.65. The molecule has 0 N–H and O–H groups in total. The van der Waals surface area contributed by atoms with Gasteiger partial charge >= 0.3 is 6.61 Å². The first-order valence-electron chi connectivity index (χ1n) is 11.5. The van der Waals surface area contributed by atoms with Crippen molar-refractivity contribution in [1.82, 2.24) is 14.7 Å². The van der Waals surface area contributed by atoms with Crippen molar-refractivity contribution in [3.05, 3.63) is 64.7 Å². The highest BCUT2D eigenvalue weighted by atomic mass is 35.5. The van der Waals surface area contributed by atoms with Crippen molar-refractivity contribution in [2.45, 2.75) is 26.0 Å². The summed E-state index contributed by atoms with van der Waals surface area (Å²) in [5, 5.41) is 0.714. The van der Waals surface area contributed by atoms with Crippen molar-refractivity contribution in [3.63, 3.8) is 0 Å². The van der Waals surface area contributed by atoms with Gasteiger partial charge in [-0.25, -0.2) is 0 Å². The first kappa shape index (κ1) is 24.4. The Hall–Kier alpha value is -2.71. The van der Waals surface area contributed by atoms with Gasteiger partial charge in [0, 0.05) is 50.8 Å². The zero-order chi connectivity index (χ0) is 24.1. The van der Waals surface area contributed by atoms with E-state index in [1.54, 1.807) is 17.0 Å². The minimum absolute atomic E-state index is 0.0528. The summed E-state index contributed by atoms with van der Waals surface area (Å²) in [5.74, 6) is -0.774. The number of halogens is 3. The van der Waals surface area contributed by atoms with Gasteiger partial charge in [-0.2, -0.15) is 8.78 Å². The lowest BCUT2D eigenvalue weighted by Gasteiger charge is -2.39. The van der Waals surface area contributed by atoms with E-state index in [1.807, 2.05) is 29.2 Å². The van der Waals surface area contributed by atoms with E-state index in [2.05, 4.69) is 9.64 Å². The molecule has 0 bridgehead atoms. The number of rotatable bonds is 6. The number of alkyl halides is 2. The summed E-state index contributed by atoms with van der Waals surface area (Å²) in [6.07, 6.45) is 1.40. The van der Waals surface area contributed by atoms with Crippen LogP contribution in [0.25, 0.3) is 0 Å². The van der Waals surface area contributed by atoms with Gasteiger partial charge in [-0.05, 0) is 42.7 Å². The summed E-state index contributed by atoms with van der Waals surface area (Å²) in [6.45, 7) is 1.35. The van der Waals surface area contributed by atoms with E-state index < -0.39 is 6.61 Å². The molecule has 2 heterocycles. The summed E-state index contributed by atoms with van der Waals surface area (Å²) in [5.41, 5.74) is 1.23. The summed E-state index contributed by atoms with van der Waals surface area (Å²) in [6, 6.07) is 13.8. The Morgan fingerprint density at radius 2 is 1.76 bits per heavy atom. The molecule has 1 atom stereocenters. The van der Waals surface area contributed by atoms with Gasteiger partial charge in [-0.1, -0.05) is 35.9 Å². The lowest BCUT2D eigenvalue weighted by atomic mass is 9.95. The number of ether oxygens (including phenoxy) is 1. The number of likely N-dealkylation sites (tertiary alicyclic amines) is 1. The van der Waals surface area contributed by atoms with Crippen LogP contribution in [0.15, 0.2) is 48.5 Å². The number of hydrogen-bond donors (Lipinski definition) is 0. The maximum absolute atomic E-state index is 13.2. The molecular weight excluding hydrogens is 464 g/mol. The van der Waals surface area contributed by atoms with Crippen molar-refractivity contribution < 1.29 is 23.1 Å². The standard InChI is InChI=1S/C25H28ClF2N3O3/c26-20-7-3-5-18(15-20)16-29-11-13-30(14-12-29)23(32)19-6-4-10-31(17-19)24(33)21-8-1-2-9-22(21)34-25(27)28/h1-3,5,7-9,15,19,25H,4,6,10-14,16-17H2. The fraction of sp³-hybridized carbons (Fsp3) is 0.440. The van der Waals surface area contributed by atoms with Gasteiger partial charge in [0.25, 0.3) is 5.91 Å². The predicted molar refractivity (Wildman–Crippen MR) is 125 cm³/mol. The highest BCUT2D eigenvalue weighted by Crippen LogP contribution is 2.26. The van der Waals surface area contributed by atoms with Crippen LogP contribution in [0.2, 0.25) is 5.02 Å². The van der Waals surface area contributed by atoms with E-state index in [9.17, 15) is 18.4 Å². The normalized spacial score (nSPS) is 19.4. The van der Waals surface area contributed by atoms with Crippen LogP contribution < -0.4 is 4.74 Å². The number of nitrogens with zero attached hydrogens (tertiary/aromatic N) is 3. The molecule has 2 aliphatic heterocycles. The number of carbonyl (C=O) groups is 2. The molecular formula is C25H28ClF2N3O3. The molecule has 2 aromatic rings. The number of piperidine rings is 1. The first-order valence-corrected chi connectivity index (χ1v) is 11.9. The van der Waals surface area contributed by atoms with Crippen LogP contribution in [0.3, 0.4) is 0 Å². The van der Waals surface area contributed by atoms with E-state index in [4.69, 9.17) is 11.6 Å². The van der Waals surface area contributed by atoms with E-state index in [0.717, 1.165) is 25.2 Å². The van der Waals surface area contributed by atoms with E-state index >= 15 is 0 Å². The molecule has 2 fully saturated rings. The van der Waals surface area contributed by atoms with Crippen LogP contribution in [0.1, 0.15) is 28.8 Å². The van der Waals surface area contributed by atoms with Crippen molar-refractivity contribution in [2.24, 2.45) is 5.92 Å². The van der Waals surface area contributed by atoms with E-state index in [-0.39, 0.29) is 35.6 Å². The molecule has 34 heavy (non-hydrogen) atoms. The molecule has 2 amide bonds. The topological polar surface area (TPSA) is 53.1 Å². The Morgan fingerprint density at radius 3 is 2.50 bits per heavy atom. The third-order valence-corrected chi connectivity index (χ3v) is 6.61. The molecule has 182 valence electrons. The van der Waals surface area contributed by atoms with Crippen LogP contribution in [0.5, 0.6) is 5.75 Å². The second-order valence-electron chi connectivity index (χ2n) is 8.70. The number of amides is 2. The third-order valence-electron chi connectivity index (χ3n) is 6.37. The second kappa shape index (κ2) is 11.1. The van der Waals surface area contributed by atoms with Crippen LogP contribution in [0.4, 0.5) is 8.78 Å². The molecule has 9 heteroatoms. The molecule has 0 aliphatic carbocycles. The molecule has 2 aromatic carbocycles. The zero-order valence-electron chi connectivity index (χ0n) is 18.8. The van der Waals surface area contributed by atoms with Crippen molar-refractivity contribution in [3.8, 4) is 5.75 Å². The second-order valence-corrected chi connectivity index (χ2v) is 9.13. The Labute approximate surface area is 203 Å². The number of para-hydroxylation sites is 1. The number of carbonyl (C=O) groups excluding carboxylic acids is 2. The van der Waals surface area contributed by atoms with Crippen LogP contribution in [-0.4, -0.2) is 72.4 Å². The SMILES string of the molecule is O=C(c1ccccc1OC(F)F)N1CCCC(C(=O)N2CCN(Cc3cccc(Cl)c3)CC2)C1. The van der Waals surface area contributed by atoms with E-state index in [1.165, 1.54) is 12.1 Å². The molecule has 0 saturated carbocycles. The minimum atomic E-state index is -3.01. The highest BCUT2D eigenvalue weighted by molar-refractivity contribution is 6.30.